The number of H-pyrrole nitrogens is 1. The van der Waals surface area contributed by atoms with Crippen LogP contribution < -0.4 is 0 Å². The lowest BCUT2D eigenvalue weighted by atomic mass is 10.1. The van der Waals surface area contributed by atoms with Crippen molar-refractivity contribution >= 4 is 22.6 Å². The van der Waals surface area contributed by atoms with Crippen molar-refractivity contribution in [3.05, 3.63) is 53.1 Å². The summed E-state index contributed by atoms with van der Waals surface area (Å²) >= 11 is 5.99. The van der Waals surface area contributed by atoms with Gasteiger partial charge in [-0.05, 0) is 43.1 Å². The first-order chi connectivity index (χ1) is 12.4. The van der Waals surface area contributed by atoms with Crippen molar-refractivity contribution < 1.29 is 13.2 Å². The van der Waals surface area contributed by atoms with Crippen molar-refractivity contribution in [3.8, 4) is 11.4 Å². The Morgan fingerprint density at radius 1 is 1.15 bits per heavy atom. The van der Waals surface area contributed by atoms with Gasteiger partial charge < -0.3 is 4.98 Å². The van der Waals surface area contributed by atoms with Crippen LogP contribution >= 0.6 is 11.6 Å². The summed E-state index contributed by atoms with van der Waals surface area (Å²) in [5.74, 6) is 0.711. The molecule has 1 aliphatic rings. The van der Waals surface area contributed by atoms with Crippen molar-refractivity contribution in [1.82, 2.24) is 14.9 Å². The lowest BCUT2D eigenvalue weighted by molar-refractivity contribution is -0.177. The van der Waals surface area contributed by atoms with Crippen LogP contribution in [0, 0.1) is 0 Å². The number of fused-ring (bicyclic) bond motifs is 1. The molecule has 0 aliphatic carbocycles. The van der Waals surface area contributed by atoms with Crippen molar-refractivity contribution in [3.63, 3.8) is 0 Å². The van der Waals surface area contributed by atoms with Crippen LogP contribution in [0.2, 0.25) is 5.02 Å². The van der Waals surface area contributed by atoms with Gasteiger partial charge in [0.2, 0.25) is 0 Å². The Kier molecular flexibility index (Phi) is 4.40. The van der Waals surface area contributed by atoms with Crippen molar-refractivity contribution in [2.45, 2.75) is 31.6 Å². The summed E-state index contributed by atoms with van der Waals surface area (Å²) in [6.07, 6.45) is -3.39. The lowest BCUT2D eigenvalue weighted by Crippen LogP contribution is -2.40. The number of alkyl halides is 3. The molecule has 1 saturated heterocycles. The molecule has 2 aromatic carbocycles. The van der Waals surface area contributed by atoms with Gasteiger partial charge in [0.25, 0.3) is 0 Å². The first kappa shape index (κ1) is 17.4. The predicted molar refractivity (Wildman–Crippen MR) is 96.0 cm³/mol. The molecule has 26 heavy (non-hydrogen) atoms. The number of nitrogens with one attached hydrogen (secondary N) is 1. The number of hydrogen-bond acceptors (Lipinski definition) is 2. The molecule has 3 aromatic rings. The van der Waals surface area contributed by atoms with E-state index in [1.54, 1.807) is 6.07 Å². The van der Waals surface area contributed by atoms with E-state index in [0.717, 1.165) is 22.2 Å². The maximum Gasteiger partial charge on any atom is 0.404 e. The molecular formula is C19H17ClF3N3. The van der Waals surface area contributed by atoms with Crippen LogP contribution in [0.1, 0.15) is 18.4 Å². The molecule has 1 unspecified atom stereocenters. The van der Waals surface area contributed by atoms with Crippen molar-refractivity contribution in [2.24, 2.45) is 0 Å². The summed E-state index contributed by atoms with van der Waals surface area (Å²) in [4.78, 5) is 9.26. The zero-order valence-electron chi connectivity index (χ0n) is 13.9. The van der Waals surface area contributed by atoms with Gasteiger partial charge in [-0.25, -0.2) is 4.98 Å². The smallest absolute Gasteiger partial charge is 0.338 e. The second-order valence-corrected chi connectivity index (χ2v) is 7.05. The third-order valence-corrected chi connectivity index (χ3v) is 5.03. The van der Waals surface area contributed by atoms with Crippen LogP contribution in [0.15, 0.2) is 42.5 Å². The van der Waals surface area contributed by atoms with E-state index in [4.69, 9.17) is 11.6 Å². The molecule has 1 atom stereocenters. The van der Waals surface area contributed by atoms with Crippen LogP contribution in [0.5, 0.6) is 0 Å². The van der Waals surface area contributed by atoms with Gasteiger partial charge in [0.1, 0.15) is 11.9 Å². The van der Waals surface area contributed by atoms with Gasteiger partial charge in [0, 0.05) is 17.1 Å². The molecule has 1 aliphatic heterocycles. The van der Waals surface area contributed by atoms with Gasteiger partial charge in [-0.2, -0.15) is 13.2 Å². The van der Waals surface area contributed by atoms with Gasteiger partial charge in [0.05, 0.1) is 11.0 Å². The number of aromatic nitrogens is 2. The molecule has 0 radical (unpaired) electrons. The fourth-order valence-electron chi connectivity index (χ4n) is 3.51. The number of aromatic amines is 1. The molecule has 1 N–H and O–H groups in total. The Labute approximate surface area is 153 Å². The second kappa shape index (κ2) is 6.59. The van der Waals surface area contributed by atoms with Crippen molar-refractivity contribution in [2.75, 3.05) is 6.54 Å². The highest BCUT2D eigenvalue weighted by molar-refractivity contribution is 6.31. The van der Waals surface area contributed by atoms with Gasteiger partial charge >= 0.3 is 6.18 Å². The molecule has 4 rings (SSSR count). The van der Waals surface area contributed by atoms with E-state index in [9.17, 15) is 13.2 Å². The average Bonchev–Trinajstić information content (AvgIpc) is 3.21. The number of likely N-dealkylation sites (tertiary alicyclic amines) is 1. The minimum atomic E-state index is -4.16. The SMILES string of the molecule is FC(F)(F)C1CCCN1Cc1ccc(-c2nc3ccc(Cl)cc3[nH]2)cc1. The number of benzene rings is 2. The average molecular weight is 380 g/mol. The summed E-state index contributed by atoms with van der Waals surface area (Å²) < 4.78 is 39.2. The zero-order valence-corrected chi connectivity index (χ0v) is 14.6. The molecular weight excluding hydrogens is 363 g/mol. The molecule has 0 saturated carbocycles. The molecule has 0 spiro atoms. The number of nitrogens with zero attached hydrogens (tertiary/aromatic N) is 2. The monoisotopic (exact) mass is 379 g/mol. The van der Waals surface area contributed by atoms with Gasteiger partial charge in [-0.15, -0.1) is 0 Å². The molecule has 1 fully saturated rings. The summed E-state index contributed by atoms with van der Waals surface area (Å²) in [5, 5.41) is 0.632. The fourth-order valence-corrected chi connectivity index (χ4v) is 3.68. The third kappa shape index (κ3) is 3.44. The van der Waals surface area contributed by atoms with Crippen LogP contribution in [-0.2, 0) is 6.54 Å². The summed E-state index contributed by atoms with van der Waals surface area (Å²) in [6, 6.07) is 11.6. The second-order valence-electron chi connectivity index (χ2n) is 6.61. The first-order valence-electron chi connectivity index (χ1n) is 8.45. The third-order valence-electron chi connectivity index (χ3n) is 4.80. The van der Waals surface area contributed by atoms with E-state index in [1.165, 1.54) is 4.90 Å². The summed E-state index contributed by atoms with van der Waals surface area (Å²) in [7, 11) is 0. The van der Waals surface area contributed by atoms with Gasteiger partial charge in [-0.3, -0.25) is 4.90 Å². The molecule has 0 amide bonds. The van der Waals surface area contributed by atoms with Crippen LogP contribution in [-0.4, -0.2) is 33.6 Å². The number of rotatable bonds is 3. The van der Waals surface area contributed by atoms with Crippen LogP contribution in [0.25, 0.3) is 22.4 Å². The lowest BCUT2D eigenvalue weighted by Gasteiger charge is -2.26. The molecule has 136 valence electrons. The number of hydrogen-bond donors (Lipinski definition) is 1. The van der Waals surface area contributed by atoms with E-state index < -0.39 is 12.2 Å². The Balaban J connectivity index is 1.53. The Morgan fingerprint density at radius 3 is 2.65 bits per heavy atom. The zero-order chi connectivity index (χ0) is 18.3. The topological polar surface area (TPSA) is 31.9 Å². The standard InChI is InChI=1S/C19H17ClF3N3/c20-14-7-8-15-16(10-14)25-18(24-15)13-5-3-12(4-6-13)11-26-9-1-2-17(26)19(21,22)23/h3-8,10,17H,1-2,9,11H2,(H,24,25). The molecule has 3 nitrogen and oxygen atoms in total. The Hall–Kier alpha value is -2.05. The Morgan fingerprint density at radius 2 is 1.92 bits per heavy atom. The minimum absolute atomic E-state index is 0.184. The summed E-state index contributed by atoms with van der Waals surface area (Å²) in [6.45, 7) is 0.788. The van der Waals surface area contributed by atoms with Gasteiger partial charge in [-0.1, -0.05) is 35.9 Å². The maximum absolute atomic E-state index is 13.1. The van der Waals surface area contributed by atoms with E-state index in [-0.39, 0.29) is 6.42 Å². The summed E-state index contributed by atoms with van der Waals surface area (Å²) in [5.41, 5.74) is 3.42. The molecule has 2 heterocycles. The highest BCUT2D eigenvalue weighted by Crippen LogP contribution is 2.33. The van der Waals surface area contributed by atoms with E-state index in [1.807, 2.05) is 36.4 Å². The highest BCUT2D eigenvalue weighted by atomic mass is 35.5. The number of halogens is 4. The first-order valence-corrected chi connectivity index (χ1v) is 8.83. The quantitative estimate of drug-likeness (QED) is 0.659. The highest BCUT2D eigenvalue weighted by Gasteiger charge is 2.45. The normalized spacial score (nSPS) is 18.7. The maximum atomic E-state index is 13.1. The largest absolute Gasteiger partial charge is 0.404 e. The molecule has 7 heteroatoms. The number of imidazole rings is 1. The molecule has 1 aromatic heterocycles. The molecule has 0 bridgehead atoms. The fraction of sp³-hybridized carbons (Fsp3) is 0.316. The van der Waals surface area contributed by atoms with Crippen LogP contribution in [0.3, 0.4) is 0 Å². The minimum Gasteiger partial charge on any atom is -0.338 e. The van der Waals surface area contributed by atoms with Gasteiger partial charge in [0.15, 0.2) is 0 Å². The van der Waals surface area contributed by atoms with Crippen molar-refractivity contribution in [1.29, 1.82) is 0 Å². The van der Waals surface area contributed by atoms with Crippen LogP contribution in [0.4, 0.5) is 13.2 Å². The predicted octanol–water partition coefficient (Wildman–Crippen LogP) is 5.41. The van der Waals surface area contributed by atoms with E-state index in [0.29, 0.717) is 30.4 Å². The van der Waals surface area contributed by atoms with E-state index >= 15 is 0 Å². The van der Waals surface area contributed by atoms with E-state index in [2.05, 4.69) is 9.97 Å². The Bertz CT molecular complexity index is 918.